The van der Waals surface area contributed by atoms with E-state index < -0.39 is 6.10 Å². The van der Waals surface area contributed by atoms with Crippen LogP contribution in [0.3, 0.4) is 0 Å². The average Bonchev–Trinajstić information content (AvgIpc) is 2.14. The standard InChI is InChI=1S/C11H25NO2S/c1-9(2)6-14-7-11(13)5-12-10(3)8-15-4/h9-13H,5-8H2,1-4H3. The minimum atomic E-state index is -0.395. The molecular formula is C11H25NO2S. The monoisotopic (exact) mass is 235 g/mol. The Hall–Kier alpha value is 0.230. The highest BCUT2D eigenvalue weighted by Crippen LogP contribution is 1.97. The molecule has 0 spiro atoms. The second-order valence-corrected chi connectivity index (χ2v) is 5.26. The normalized spacial score (nSPS) is 15.6. The molecule has 0 saturated carbocycles. The van der Waals surface area contributed by atoms with E-state index in [1.165, 1.54) is 0 Å². The van der Waals surface area contributed by atoms with Crippen LogP contribution in [-0.4, -0.2) is 49.0 Å². The van der Waals surface area contributed by atoms with E-state index in [0.29, 0.717) is 25.1 Å². The molecule has 3 nitrogen and oxygen atoms in total. The first-order chi connectivity index (χ1) is 7.06. The zero-order valence-electron chi connectivity index (χ0n) is 10.3. The summed E-state index contributed by atoms with van der Waals surface area (Å²) in [5.41, 5.74) is 0. The third-order valence-corrected chi connectivity index (χ3v) is 2.71. The van der Waals surface area contributed by atoms with Crippen molar-refractivity contribution >= 4 is 11.8 Å². The smallest absolute Gasteiger partial charge is 0.0897 e. The maximum atomic E-state index is 9.58. The molecule has 2 atom stereocenters. The van der Waals surface area contributed by atoms with Crippen molar-refractivity contribution in [1.82, 2.24) is 5.32 Å². The van der Waals surface area contributed by atoms with Gasteiger partial charge in [0.05, 0.1) is 12.7 Å². The predicted octanol–water partition coefficient (Wildman–Crippen LogP) is 1.36. The van der Waals surface area contributed by atoms with Crippen molar-refractivity contribution in [3.05, 3.63) is 0 Å². The summed E-state index contributed by atoms with van der Waals surface area (Å²) in [6.45, 7) is 8.09. The van der Waals surface area contributed by atoms with Crippen LogP contribution in [0.25, 0.3) is 0 Å². The molecule has 4 heteroatoms. The topological polar surface area (TPSA) is 41.5 Å². The largest absolute Gasteiger partial charge is 0.389 e. The van der Waals surface area contributed by atoms with Crippen LogP contribution >= 0.6 is 11.8 Å². The first kappa shape index (κ1) is 15.2. The lowest BCUT2D eigenvalue weighted by Gasteiger charge is -2.17. The molecule has 0 radical (unpaired) electrons. The molecule has 0 aromatic heterocycles. The van der Waals surface area contributed by atoms with Crippen LogP contribution in [0.15, 0.2) is 0 Å². The summed E-state index contributed by atoms with van der Waals surface area (Å²) in [5.74, 6) is 1.60. The third-order valence-electron chi connectivity index (χ3n) is 1.88. The summed E-state index contributed by atoms with van der Waals surface area (Å²) >= 11 is 1.81. The molecule has 2 unspecified atom stereocenters. The van der Waals surface area contributed by atoms with Crippen molar-refractivity contribution in [3.8, 4) is 0 Å². The van der Waals surface area contributed by atoms with Gasteiger partial charge in [0.1, 0.15) is 0 Å². The lowest BCUT2D eigenvalue weighted by molar-refractivity contribution is 0.0255. The Labute approximate surface area is 98.0 Å². The fourth-order valence-corrected chi connectivity index (χ4v) is 1.76. The Morgan fingerprint density at radius 1 is 1.27 bits per heavy atom. The van der Waals surface area contributed by atoms with Crippen molar-refractivity contribution in [3.63, 3.8) is 0 Å². The van der Waals surface area contributed by atoms with Gasteiger partial charge in [0, 0.05) is 24.9 Å². The molecule has 0 aromatic rings. The predicted molar refractivity (Wildman–Crippen MR) is 67.5 cm³/mol. The summed E-state index contributed by atoms with van der Waals surface area (Å²) in [6, 6.07) is 0.444. The number of ether oxygens (including phenoxy) is 1. The molecule has 2 N–H and O–H groups in total. The van der Waals surface area contributed by atoms with Gasteiger partial charge < -0.3 is 15.2 Å². The molecular weight excluding hydrogens is 210 g/mol. The number of aliphatic hydroxyl groups is 1. The molecule has 0 aromatic carbocycles. The maximum absolute atomic E-state index is 9.58. The average molecular weight is 235 g/mol. The summed E-state index contributed by atoms with van der Waals surface area (Å²) in [6.07, 6.45) is 1.69. The van der Waals surface area contributed by atoms with Crippen molar-refractivity contribution in [2.24, 2.45) is 5.92 Å². The van der Waals surface area contributed by atoms with Crippen LogP contribution < -0.4 is 5.32 Å². The van der Waals surface area contributed by atoms with Crippen LogP contribution in [0.1, 0.15) is 20.8 Å². The van der Waals surface area contributed by atoms with E-state index >= 15 is 0 Å². The van der Waals surface area contributed by atoms with Crippen LogP contribution in [0, 0.1) is 5.92 Å². The number of hydrogen-bond acceptors (Lipinski definition) is 4. The number of hydrogen-bond donors (Lipinski definition) is 2. The van der Waals surface area contributed by atoms with Crippen LogP contribution in [0.4, 0.5) is 0 Å². The Morgan fingerprint density at radius 3 is 2.47 bits per heavy atom. The molecule has 0 bridgehead atoms. The maximum Gasteiger partial charge on any atom is 0.0897 e. The molecule has 0 heterocycles. The molecule has 15 heavy (non-hydrogen) atoms. The van der Waals surface area contributed by atoms with E-state index in [-0.39, 0.29) is 0 Å². The highest BCUT2D eigenvalue weighted by Gasteiger charge is 2.07. The van der Waals surface area contributed by atoms with Crippen LogP contribution in [-0.2, 0) is 4.74 Å². The highest BCUT2D eigenvalue weighted by molar-refractivity contribution is 7.98. The minimum absolute atomic E-state index is 0.395. The fourth-order valence-electron chi connectivity index (χ4n) is 1.14. The zero-order valence-corrected chi connectivity index (χ0v) is 11.1. The molecule has 0 rings (SSSR count). The van der Waals surface area contributed by atoms with Crippen molar-refractivity contribution in [2.45, 2.75) is 32.9 Å². The second-order valence-electron chi connectivity index (χ2n) is 4.35. The molecule has 0 aliphatic carbocycles. The molecule has 0 aliphatic rings. The first-order valence-corrected chi connectivity index (χ1v) is 6.93. The van der Waals surface area contributed by atoms with E-state index in [1.807, 2.05) is 11.8 Å². The molecule has 0 aliphatic heterocycles. The Kier molecular flexibility index (Phi) is 9.60. The SMILES string of the molecule is CSCC(C)NCC(O)COCC(C)C. The van der Waals surface area contributed by atoms with Gasteiger partial charge in [0.25, 0.3) is 0 Å². The number of thioether (sulfide) groups is 1. The second kappa shape index (κ2) is 9.46. The molecule has 0 amide bonds. The minimum Gasteiger partial charge on any atom is -0.389 e. The van der Waals surface area contributed by atoms with Gasteiger partial charge >= 0.3 is 0 Å². The quantitative estimate of drug-likeness (QED) is 0.633. The van der Waals surface area contributed by atoms with E-state index in [2.05, 4.69) is 32.3 Å². The summed E-state index contributed by atoms with van der Waals surface area (Å²) in [7, 11) is 0. The van der Waals surface area contributed by atoms with E-state index in [4.69, 9.17) is 4.74 Å². The Balaban J connectivity index is 3.36. The highest BCUT2D eigenvalue weighted by atomic mass is 32.2. The Bertz CT molecular complexity index is 145. The van der Waals surface area contributed by atoms with Crippen LogP contribution in [0.5, 0.6) is 0 Å². The van der Waals surface area contributed by atoms with Gasteiger partial charge in [0.15, 0.2) is 0 Å². The molecule has 92 valence electrons. The van der Waals surface area contributed by atoms with Crippen molar-refractivity contribution in [1.29, 1.82) is 0 Å². The Morgan fingerprint density at radius 2 is 1.93 bits per heavy atom. The van der Waals surface area contributed by atoms with Gasteiger partial charge in [-0.05, 0) is 19.1 Å². The van der Waals surface area contributed by atoms with Crippen LogP contribution in [0.2, 0.25) is 0 Å². The zero-order chi connectivity index (χ0) is 11.7. The van der Waals surface area contributed by atoms with Gasteiger partial charge in [-0.2, -0.15) is 11.8 Å². The number of aliphatic hydroxyl groups excluding tert-OH is 1. The van der Waals surface area contributed by atoms with E-state index in [0.717, 1.165) is 12.4 Å². The third kappa shape index (κ3) is 10.5. The van der Waals surface area contributed by atoms with Gasteiger partial charge in [-0.3, -0.25) is 0 Å². The lowest BCUT2D eigenvalue weighted by atomic mass is 10.2. The van der Waals surface area contributed by atoms with Crippen molar-refractivity contribution < 1.29 is 9.84 Å². The van der Waals surface area contributed by atoms with Gasteiger partial charge in [0.2, 0.25) is 0 Å². The fraction of sp³-hybridized carbons (Fsp3) is 1.00. The van der Waals surface area contributed by atoms with E-state index in [9.17, 15) is 5.11 Å². The summed E-state index contributed by atoms with van der Waals surface area (Å²) in [5, 5.41) is 12.9. The van der Waals surface area contributed by atoms with Gasteiger partial charge in [-0.15, -0.1) is 0 Å². The summed E-state index contributed by atoms with van der Waals surface area (Å²) in [4.78, 5) is 0. The molecule has 0 fully saturated rings. The molecule has 0 saturated heterocycles. The lowest BCUT2D eigenvalue weighted by Crippen LogP contribution is -2.37. The van der Waals surface area contributed by atoms with Gasteiger partial charge in [-0.1, -0.05) is 13.8 Å². The first-order valence-electron chi connectivity index (χ1n) is 5.54. The number of rotatable bonds is 9. The van der Waals surface area contributed by atoms with E-state index in [1.54, 1.807) is 0 Å². The number of nitrogens with one attached hydrogen (secondary N) is 1. The van der Waals surface area contributed by atoms with Crippen molar-refractivity contribution in [2.75, 3.05) is 31.8 Å². The van der Waals surface area contributed by atoms with Gasteiger partial charge in [-0.25, -0.2) is 0 Å². The summed E-state index contributed by atoms with van der Waals surface area (Å²) < 4.78 is 5.35.